The predicted octanol–water partition coefficient (Wildman–Crippen LogP) is 4.16. The summed E-state index contributed by atoms with van der Waals surface area (Å²) >= 11 is 1.27. The Balaban J connectivity index is 1.80. The van der Waals surface area contributed by atoms with Crippen molar-refractivity contribution in [3.63, 3.8) is 0 Å². The molecule has 1 aliphatic rings. The van der Waals surface area contributed by atoms with Crippen LogP contribution in [0.3, 0.4) is 0 Å². The molecule has 0 fully saturated rings. The van der Waals surface area contributed by atoms with Crippen molar-refractivity contribution in [2.75, 3.05) is 11.9 Å². The largest absolute Gasteiger partial charge is 0.471 e. The first-order chi connectivity index (χ1) is 14.7. The van der Waals surface area contributed by atoms with Crippen LogP contribution in [0, 0.1) is 0 Å². The van der Waals surface area contributed by atoms with Crippen molar-refractivity contribution in [1.29, 1.82) is 0 Å². The lowest BCUT2D eigenvalue weighted by Crippen LogP contribution is -2.40. The third kappa shape index (κ3) is 5.43. The van der Waals surface area contributed by atoms with E-state index in [0.29, 0.717) is 22.5 Å². The van der Waals surface area contributed by atoms with Crippen molar-refractivity contribution in [2.24, 2.45) is 0 Å². The number of thiophene rings is 1. The van der Waals surface area contributed by atoms with Crippen molar-refractivity contribution in [2.45, 2.75) is 44.8 Å². The van der Waals surface area contributed by atoms with Crippen LogP contribution in [-0.4, -0.2) is 30.6 Å². The van der Waals surface area contributed by atoms with Crippen molar-refractivity contribution in [1.82, 2.24) is 5.32 Å². The highest BCUT2D eigenvalue weighted by Crippen LogP contribution is 2.39. The van der Waals surface area contributed by atoms with E-state index in [1.807, 2.05) is 5.32 Å². The summed E-state index contributed by atoms with van der Waals surface area (Å²) in [6, 6.07) is 6.74. The molecular weight excluding hydrogens is 433 g/mol. The molecule has 0 radical (unpaired) electrons. The Kier molecular flexibility index (Phi) is 6.99. The predicted molar refractivity (Wildman–Crippen MR) is 109 cm³/mol. The lowest BCUT2D eigenvalue weighted by atomic mass is 10.0. The first kappa shape index (κ1) is 22.8. The molecule has 2 aromatic rings. The van der Waals surface area contributed by atoms with E-state index >= 15 is 0 Å². The SMILES string of the molecule is CCOC(=O)c1c(NC(=O)CC(NC(=O)C(F)(F)F)c2ccccc2)sc2c1CCC2. The first-order valence-corrected chi connectivity index (χ1v) is 10.6. The summed E-state index contributed by atoms with van der Waals surface area (Å²) in [4.78, 5) is 37.6. The van der Waals surface area contributed by atoms with Crippen LogP contribution in [0.1, 0.15) is 52.2 Å². The molecule has 1 unspecified atom stereocenters. The second-order valence-corrected chi connectivity index (χ2v) is 8.07. The maximum atomic E-state index is 12.8. The monoisotopic (exact) mass is 454 g/mol. The van der Waals surface area contributed by atoms with Gasteiger partial charge in [0.05, 0.1) is 24.6 Å². The van der Waals surface area contributed by atoms with E-state index in [-0.39, 0.29) is 6.61 Å². The van der Waals surface area contributed by atoms with Gasteiger partial charge in [0.1, 0.15) is 5.00 Å². The number of benzene rings is 1. The van der Waals surface area contributed by atoms with E-state index in [4.69, 9.17) is 4.74 Å². The number of hydrogen-bond acceptors (Lipinski definition) is 5. The van der Waals surface area contributed by atoms with Crippen LogP contribution in [0.5, 0.6) is 0 Å². The molecule has 0 aliphatic heterocycles. The van der Waals surface area contributed by atoms with Gasteiger partial charge in [-0.1, -0.05) is 30.3 Å². The third-order valence-corrected chi connectivity index (χ3v) is 6.02. The number of hydrogen-bond donors (Lipinski definition) is 2. The van der Waals surface area contributed by atoms with E-state index in [2.05, 4.69) is 5.32 Å². The van der Waals surface area contributed by atoms with Crippen molar-refractivity contribution < 1.29 is 32.3 Å². The molecule has 1 heterocycles. The number of rotatable bonds is 7. The highest BCUT2D eigenvalue weighted by Gasteiger charge is 2.40. The van der Waals surface area contributed by atoms with Crippen LogP contribution < -0.4 is 10.6 Å². The van der Waals surface area contributed by atoms with Crippen LogP contribution in [0.2, 0.25) is 0 Å². The van der Waals surface area contributed by atoms with Crippen molar-refractivity contribution in [3.05, 3.63) is 51.9 Å². The number of nitrogens with one attached hydrogen (secondary N) is 2. The normalized spacial score (nSPS) is 13.9. The van der Waals surface area contributed by atoms with E-state index in [9.17, 15) is 27.6 Å². The zero-order valence-corrected chi connectivity index (χ0v) is 17.5. The van der Waals surface area contributed by atoms with Crippen LogP contribution in [0.4, 0.5) is 18.2 Å². The zero-order valence-electron chi connectivity index (χ0n) is 16.7. The van der Waals surface area contributed by atoms with E-state index in [1.165, 1.54) is 23.5 Å². The minimum atomic E-state index is -5.07. The second-order valence-electron chi connectivity index (χ2n) is 6.97. The minimum absolute atomic E-state index is 0.177. The summed E-state index contributed by atoms with van der Waals surface area (Å²) in [7, 11) is 0. The molecule has 2 amide bonds. The quantitative estimate of drug-likeness (QED) is 0.616. The fraction of sp³-hybridized carbons (Fsp3) is 0.381. The molecule has 1 aromatic heterocycles. The smallest absolute Gasteiger partial charge is 0.462 e. The molecular formula is C21H21F3N2O4S. The van der Waals surface area contributed by atoms with Crippen LogP contribution in [0.15, 0.2) is 30.3 Å². The third-order valence-electron chi connectivity index (χ3n) is 4.81. The van der Waals surface area contributed by atoms with Gasteiger partial charge in [0.2, 0.25) is 5.91 Å². The Hall–Kier alpha value is -2.88. The summed E-state index contributed by atoms with van der Waals surface area (Å²) in [6.07, 6.45) is -3.12. The fourth-order valence-electron chi connectivity index (χ4n) is 3.45. The van der Waals surface area contributed by atoms with Crippen molar-refractivity contribution >= 4 is 34.1 Å². The Bertz CT molecular complexity index is 973. The fourth-order valence-corrected chi connectivity index (χ4v) is 4.75. The van der Waals surface area contributed by atoms with Gasteiger partial charge >= 0.3 is 18.1 Å². The maximum absolute atomic E-state index is 12.8. The van der Waals surface area contributed by atoms with Gasteiger partial charge in [0, 0.05) is 4.88 Å². The molecule has 2 N–H and O–H groups in total. The second kappa shape index (κ2) is 9.51. The number of amides is 2. The highest BCUT2D eigenvalue weighted by atomic mass is 32.1. The van der Waals surface area contributed by atoms with Crippen molar-refractivity contribution in [3.8, 4) is 0 Å². The average Bonchev–Trinajstić information content (AvgIpc) is 3.28. The maximum Gasteiger partial charge on any atom is 0.471 e. The molecule has 166 valence electrons. The molecule has 0 saturated carbocycles. The first-order valence-electron chi connectivity index (χ1n) is 9.74. The Labute approximate surface area is 180 Å². The Morgan fingerprint density at radius 1 is 1.16 bits per heavy atom. The van der Waals surface area contributed by atoms with Gasteiger partial charge < -0.3 is 15.4 Å². The summed E-state index contributed by atoms with van der Waals surface area (Å²) in [5, 5.41) is 4.83. The number of fused-ring (bicyclic) bond motifs is 1. The molecule has 6 nitrogen and oxygen atoms in total. The van der Waals surface area contributed by atoms with Crippen LogP contribution in [-0.2, 0) is 27.2 Å². The number of ether oxygens (including phenoxy) is 1. The summed E-state index contributed by atoms with van der Waals surface area (Å²) in [5.41, 5.74) is 1.52. The van der Waals surface area contributed by atoms with Crippen LogP contribution >= 0.6 is 11.3 Å². The molecule has 1 aromatic carbocycles. The van der Waals surface area contributed by atoms with E-state index in [0.717, 1.165) is 23.3 Å². The average molecular weight is 454 g/mol. The number of aryl methyl sites for hydroxylation is 1. The van der Waals surface area contributed by atoms with Gasteiger partial charge in [0.15, 0.2) is 0 Å². The number of esters is 1. The van der Waals surface area contributed by atoms with Crippen LogP contribution in [0.25, 0.3) is 0 Å². The molecule has 31 heavy (non-hydrogen) atoms. The van der Waals surface area contributed by atoms with Gasteiger partial charge in [-0.3, -0.25) is 9.59 Å². The van der Waals surface area contributed by atoms with Gasteiger partial charge in [-0.2, -0.15) is 13.2 Å². The number of halogens is 3. The number of anilines is 1. The minimum Gasteiger partial charge on any atom is -0.462 e. The van der Waals surface area contributed by atoms with E-state index in [1.54, 1.807) is 25.1 Å². The number of carbonyl (C=O) groups excluding carboxylic acids is 3. The van der Waals surface area contributed by atoms with Gasteiger partial charge in [0.25, 0.3) is 0 Å². The standard InChI is InChI=1S/C21H21F3N2O4S/c1-2-30-19(28)17-13-9-6-10-15(13)31-18(17)26-16(27)11-14(12-7-4-3-5-8-12)25-20(29)21(22,23)24/h3-5,7-8,14H,2,6,9-11H2,1H3,(H,25,29)(H,26,27). The van der Waals surface area contributed by atoms with Gasteiger partial charge in [-0.25, -0.2) is 4.79 Å². The topological polar surface area (TPSA) is 84.5 Å². The molecule has 10 heteroatoms. The summed E-state index contributed by atoms with van der Waals surface area (Å²) in [5.74, 6) is -3.29. The molecule has 3 rings (SSSR count). The van der Waals surface area contributed by atoms with Gasteiger partial charge in [-0.15, -0.1) is 11.3 Å². The number of alkyl halides is 3. The lowest BCUT2D eigenvalue weighted by molar-refractivity contribution is -0.174. The summed E-state index contributed by atoms with van der Waals surface area (Å²) in [6.45, 7) is 1.85. The summed E-state index contributed by atoms with van der Waals surface area (Å²) < 4.78 is 43.4. The van der Waals surface area contributed by atoms with Gasteiger partial charge in [-0.05, 0) is 37.3 Å². The molecule has 0 spiro atoms. The Morgan fingerprint density at radius 3 is 2.52 bits per heavy atom. The highest BCUT2D eigenvalue weighted by molar-refractivity contribution is 7.17. The molecule has 1 aliphatic carbocycles. The molecule has 0 bridgehead atoms. The molecule has 0 saturated heterocycles. The van der Waals surface area contributed by atoms with E-state index < -0.39 is 36.4 Å². The Morgan fingerprint density at radius 2 is 1.87 bits per heavy atom. The lowest BCUT2D eigenvalue weighted by Gasteiger charge is -2.20. The molecule has 1 atom stereocenters. The number of carbonyl (C=O) groups is 3. The zero-order chi connectivity index (χ0) is 22.6.